The number of nitrogens with zero attached hydrogens (tertiary/aromatic N) is 2. The van der Waals surface area contributed by atoms with Gasteiger partial charge in [0.15, 0.2) is 0 Å². The van der Waals surface area contributed by atoms with E-state index in [1.165, 1.54) is 0 Å². The second-order valence-corrected chi connectivity index (χ2v) is 12.0. The van der Waals surface area contributed by atoms with Crippen molar-refractivity contribution in [1.29, 1.82) is 0 Å². The van der Waals surface area contributed by atoms with Crippen molar-refractivity contribution in [3.8, 4) is 0 Å². The summed E-state index contributed by atoms with van der Waals surface area (Å²) in [6, 6.07) is 0. The molecule has 0 amide bonds. The molecule has 0 aromatic heterocycles. The summed E-state index contributed by atoms with van der Waals surface area (Å²) in [4.78, 5) is 0. The van der Waals surface area contributed by atoms with Crippen LogP contribution in [0.1, 0.15) is 0 Å². The van der Waals surface area contributed by atoms with Crippen LogP contribution in [0, 0.1) is 0 Å². The van der Waals surface area contributed by atoms with E-state index in [2.05, 4.69) is 42.6 Å². The summed E-state index contributed by atoms with van der Waals surface area (Å²) in [5.74, 6) is 0. The van der Waals surface area contributed by atoms with Crippen LogP contribution in [0.15, 0.2) is 0 Å². The Morgan fingerprint density at radius 3 is 1.58 bits per heavy atom. The monoisotopic (exact) mass is 204 g/mol. The molecule has 0 saturated carbocycles. The molecule has 0 unspecified atom stereocenters. The molecule has 3 nitrogen and oxygen atoms in total. The number of hydrogen-bond donors (Lipinski definition) is 1. The smallest absolute Gasteiger partial charge is 0.140 e. The Bertz CT molecular complexity index is 131. The Hall–Kier alpha value is 0.314. The molecular weight excluding hydrogens is 182 g/mol. The molecule has 0 spiro atoms. The average molecular weight is 204 g/mol. The summed E-state index contributed by atoms with van der Waals surface area (Å²) in [5.41, 5.74) is 3.39. The molecule has 0 aromatic rings. The second kappa shape index (κ2) is 4.52. The molecule has 0 rings (SSSR count). The van der Waals surface area contributed by atoms with E-state index in [4.69, 9.17) is 0 Å². The van der Waals surface area contributed by atoms with Crippen molar-refractivity contribution in [2.45, 2.75) is 32.7 Å². The quantitative estimate of drug-likeness (QED) is 0.551. The van der Waals surface area contributed by atoms with Crippen molar-refractivity contribution in [2.75, 3.05) is 14.1 Å². The number of nitrogens with one attached hydrogen (secondary N) is 1. The van der Waals surface area contributed by atoms with E-state index in [0.717, 1.165) is 0 Å². The SMILES string of the molecule is CN(C)NN([Si](C)C)[Si](C)(C)C. The average Bonchev–Trinajstić information content (AvgIpc) is 1.79. The van der Waals surface area contributed by atoms with Gasteiger partial charge in [0.2, 0.25) is 0 Å². The Labute approximate surface area is 79.5 Å². The molecule has 5 heteroatoms. The summed E-state index contributed by atoms with van der Waals surface area (Å²) in [6.07, 6.45) is 0. The van der Waals surface area contributed by atoms with Crippen LogP contribution in [0.25, 0.3) is 0 Å². The van der Waals surface area contributed by atoms with Crippen LogP contribution in [0.4, 0.5) is 0 Å². The van der Waals surface area contributed by atoms with Gasteiger partial charge in [-0.15, -0.1) is 0 Å². The molecule has 12 heavy (non-hydrogen) atoms. The summed E-state index contributed by atoms with van der Waals surface area (Å²) < 4.78 is 2.47. The number of hydrogen-bond acceptors (Lipinski definition) is 3. The first-order valence-electron chi connectivity index (χ1n) is 4.29. The number of hydrazine groups is 2. The minimum atomic E-state index is -1.19. The molecule has 0 aromatic carbocycles. The standard InChI is InChI=1S/C7H22N3Si2/c1-9(2)8-10(11(3)4)12(5,6)7/h8H,1-7H3. The van der Waals surface area contributed by atoms with Gasteiger partial charge in [-0.3, -0.25) is 4.34 Å². The largest absolute Gasteiger partial charge is 0.274 e. The van der Waals surface area contributed by atoms with Gasteiger partial charge in [0.1, 0.15) is 17.2 Å². The third-order valence-electron chi connectivity index (χ3n) is 1.42. The highest BCUT2D eigenvalue weighted by molar-refractivity contribution is 6.82. The lowest BCUT2D eigenvalue weighted by atomic mass is 11.2. The van der Waals surface area contributed by atoms with E-state index in [-0.39, 0.29) is 8.96 Å². The van der Waals surface area contributed by atoms with Gasteiger partial charge < -0.3 is 0 Å². The Kier molecular flexibility index (Phi) is 4.64. The lowest BCUT2D eigenvalue weighted by Crippen LogP contribution is -2.62. The molecule has 0 bridgehead atoms. The van der Waals surface area contributed by atoms with E-state index in [1.807, 2.05) is 19.1 Å². The van der Waals surface area contributed by atoms with Gasteiger partial charge in [-0.25, -0.2) is 10.5 Å². The minimum absolute atomic E-state index is 0.383. The van der Waals surface area contributed by atoms with E-state index in [0.29, 0.717) is 0 Å². The molecule has 0 saturated heterocycles. The summed E-state index contributed by atoms with van der Waals surface area (Å²) in [7, 11) is 2.51. The Balaban J connectivity index is 4.25. The van der Waals surface area contributed by atoms with Crippen LogP contribution in [0.3, 0.4) is 0 Å². The molecule has 0 aliphatic heterocycles. The highest BCUT2D eigenvalue weighted by Crippen LogP contribution is 2.08. The van der Waals surface area contributed by atoms with Gasteiger partial charge >= 0.3 is 0 Å². The fourth-order valence-electron chi connectivity index (χ4n) is 1.12. The predicted octanol–water partition coefficient (Wildman–Crippen LogP) is 1.36. The highest BCUT2D eigenvalue weighted by Gasteiger charge is 2.27. The molecule has 0 aliphatic carbocycles. The number of rotatable bonds is 4. The van der Waals surface area contributed by atoms with E-state index in [9.17, 15) is 0 Å². The Morgan fingerprint density at radius 1 is 1.08 bits per heavy atom. The fraction of sp³-hybridized carbons (Fsp3) is 1.00. The predicted molar refractivity (Wildman–Crippen MR) is 59.5 cm³/mol. The molecule has 1 radical (unpaired) electrons. The highest BCUT2D eigenvalue weighted by atomic mass is 28.4. The van der Waals surface area contributed by atoms with Gasteiger partial charge in [0, 0.05) is 14.1 Å². The van der Waals surface area contributed by atoms with E-state index in [1.54, 1.807) is 0 Å². The minimum Gasteiger partial charge on any atom is -0.274 e. The lowest BCUT2D eigenvalue weighted by Gasteiger charge is -2.39. The van der Waals surface area contributed by atoms with Gasteiger partial charge in [-0.05, 0) is 0 Å². The third-order valence-corrected chi connectivity index (χ3v) is 7.21. The zero-order valence-corrected chi connectivity index (χ0v) is 11.4. The van der Waals surface area contributed by atoms with Gasteiger partial charge in [0.25, 0.3) is 0 Å². The summed E-state index contributed by atoms with van der Waals surface area (Å²) in [5, 5.41) is 2.02. The van der Waals surface area contributed by atoms with Crippen molar-refractivity contribution in [2.24, 2.45) is 0 Å². The first-order valence-corrected chi connectivity index (χ1v) is 10.2. The zero-order chi connectivity index (χ0) is 9.94. The molecule has 0 fully saturated rings. The maximum Gasteiger partial charge on any atom is 0.140 e. The fourth-order valence-corrected chi connectivity index (χ4v) is 7.39. The molecule has 0 aliphatic rings. The zero-order valence-electron chi connectivity index (χ0n) is 9.39. The lowest BCUT2D eigenvalue weighted by molar-refractivity contribution is 0.192. The van der Waals surface area contributed by atoms with Crippen molar-refractivity contribution < 1.29 is 0 Å². The first-order chi connectivity index (χ1) is 5.25. The molecule has 73 valence electrons. The van der Waals surface area contributed by atoms with Crippen LogP contribution < -0.4 is 5.53 Å². The van der Waals surface area contributed by atoms with Crippen molar-refractivity contribution in [3.63, 3.8) is 0 Å². The second-order valence-electron chi connectivity index (χ2n) is 4.45. The van der Waals surface area contributed by atoms with E-state index >= 15 is 0 Å². The molecule has 1 N–H and O–H groups in total. The summed E-state index contributed by atoms with van der Waals surface area (Å²) in [6.45, 7) is 11.7. The normalized spacial score (nSPS) is 13.5. The first kappa shape index (κ1) is 12.3. The topological polar surface area (TPSA) is 18.5 Å². The van der Waals surface area contributed by atoms with Crippen LogP contribution in [0.2, 0.25) is 32.7 Å². The van der Waals surface area contributed by atoms with Crippen LogP contribution >= 0.6 is 0 Å². The van der Waals surface area contributed by atoms with Crippen molar-refractivity contribution >= 4 is 17.2 Å². The third kappa shape index (κ3) is 4.37. The Morgan fingerprint density at radius 2 is 1.50 bits per heavy atom. The summed E-state index contributed by atoms with van der Waals surface area (Å²) >= 11 is 0. The van der Waals surface area contributed by atoms with Gasteiger partial charge in [-0.2, -0.15) is 0 Å². The van der Waals surface area contributed by atoms with Crippen LogP contribution in [-0.4, -0.2) is 40.6 Å². The van der Waals surface area contributed by atoms with E-state index < -0.39 is 8.24 Å². The van der Waals surface area contributed by atoms with Gasteiger partial charge in [-0.1, -0.05) is 32.7 Å². The van der Waals surface area contributed by atoms with Gasteiger partial charge in [0.05, 0.1) is 0 Å². The maximum absolute atomic E-state index is 3.39. The maximum atomic E-state index is 3.39. The molecule has 0 atom stereocenters. The van der Waals surface area contributed by atoms with Crippen molar-refractivity contribution in [3.05, 3.63) is 0 Å². The van der Waals surface area contributed by atoms with Crippen LogP contribution in [0.5, 0.6) is 0 Å². The molecule has 0 heterocycles. The van der Waals surface area contributed by atoms with Crippen LogP contribution in [-0.2, 0) is 0 Å². The molecular formula is C7H22N3Si2. The van der Waals surface area contributed by atoms with Crippen molar-refractivity contribution in [1.82, 2.24) is 14.9 Å².